The van der Waals surface area contributed by atoms with Gasteiger partial charge in [0.25, 0.3) is 5.56 Å². The second kappa shape index (κ2) is 6.27. The number of carbonyl (C=O) groups is 1. The Labute approximate surface area is 128 Å². The lowest BCUT2D eigenvalue weighted by atomic mass is 10.2. The van der Waals surface area contributed by atoms with Crippen molar-refractivity contribution >= 4 is 16.8 Å². The van der Waals surface area contributed by atoms with Crippen molar-refractivity contribution in [3.63, 3.8) is 0 Å². The molecule has 2 heterocycles. The third-order valence-corrected chi connectivity index (χ3v) is 3.93. The van der Waals surface area contributed by atoms with Gasteiger partial charge in [-0.15, -0.1) is 0 Å². The van der Waals surface area contributed by atoms with Gasteiger partial charge in [-0.05, 0) is 19.1 Å². The van der Waals surface area contributed by atoms with Crippen LogP contribution in [0.15, 0.2) is 29.1 Å². The van der Waals surface area contributed by atoms with E-state index in [0.717, 1.165) is 0 Å². The van der Waals surface area contributed by atoms with Crippen LogP contribution in [0.1, 0.15) is 19.2 Å². The minimum atomic E-state index is -0.159. The SMILES string of the molecule is CC1COCCN1C(=O)CCc1nc2ccccc2c(=O)[nH]1. The van der Waals surface area contributed by atoms with Gasteiger partial charge in [-0.2, -0.15) is 0 Å². The fourth-order valence-electron chi connectivity index (χ4n) is 2.72. The standard InChI is InChI=1S/C16H19N3O3/c1-11-10-22-9-8-19(11)15(20)7-6-14-17-13-5-3-2-4-12(13)16(21)18-14/h2-5,11H,6-10H2,1H3,(H,17,18,21). The first kappa shape index (κ1) is 14.7. The summed E-state index contributed by atoms with van der Waals surface area (Å²) in [6, 6.07) is 7.30. The molecule has 0 saturated carbocycles. The molecule has 1 N–H and O–H groups in total. The average molecular weight is 301 g/mol. The van der Waals surface area contributed by atoms with Gasteiger partial charge in [0.1, 0.15) is 5.82 Å². The smallest absolute Gasteiger partial charge is 0.258 e. The Balaban J connectivity index is 1.71. The topological polar surface area (TPSA) is 75.3 Å². The molecular formula is C16H19N3O3. The summed E-state index contributed by atoms with van der Waals surface area (Å²) >= 11 is 0. The molecule has 6 heteroatoms. The molecule has 6 nitrogen and oxygen atoms in total. The number of amides is 1. The third kappa shape index (κ3) is 3.01. The van der Waals surface area contributed by atoms with Crippen molar-refractivity contribution in [1.29, 1.82) is 0 Å². The molecule has 1 aromatic heterocycles. The molecule has 116 valence electrons. The number of aromatic amines is 1. The van der Waals surface area contributed by atoms with Crippen LogP contribution in [0.3, 0.4) is 0 Å². The maximum Gasteiger partial charge on any atom is 0.258 e. The molecule has 3 rings (SSSR count). The Hall–Kier alpha value is -2.21. The highest BCUT2D eigenvalue weighted by Gasteiger charge is 2.23. The van der Waals surface area contributed by atoms with Gasteiger partial charge in [-0.1, -0.05) is 12.1 Å². The Morgan fingerprint density at radius 3 is 3.09 bits per heavy atom. The van der Waals surface area contributed by atoms with Crippen LogP contribution in [0.2, 0.25) is 0 Å². The van der Waals surface area contributed by atoms with Crippen molar-refractivity contribution in [2.24, 2.45) is 0 Å². The van der Waals surface area contributed by atoms with Crippen molar-refractivity contribution in [1.82, 2.24) is 14.9 Å². The number of ether oxygens (including phenoxy) is 1. The van der Waals surface area contributed by atoms with Crippen molar-refractivity contribution in [2.75, 3.05) is 19.8 Å². The van der Waals surface area contributed by atoms with Crippen LogP contribution in [0.25, 0.3) is 10.9 Å². The van der Waals surface area contributed by atoms with E-state index in [2.05, 4.69) is 9.97 Å². The summed E-state index contributed by atoms with van der Waals surface area (Å²) < 4.78 is 5.34. The fraction of sp³-hybridized carbons (Fsp3) is 0.438. The predicted molar refractivity (Wildman–Crippen MR) is 82.7 cm³/mol. The van der Waals surface area contributed by atoms with E-state index in [-0.39, 0.29) is 17.5 Å². The number of nitrogens with zero attached hydrogens (tertiary/aromatic N) is 2. The molecule has 1 amide bonds. The summed E-state index contributed by atoms with van der Waals surface area (Å²) in [5.41, 5.74) is 0.501. The largest absolute Gasteiger partial charge is 0.377 e. The molecule has 1 aliphatic heterocycles. The highest BCUT2D eigenvalue weighted by atomic mass is 16.5. The Kier molecular flexibility index (Phi) is 4.20. The quantitative estimate of drug-likeness (QED) is 0.921. The minimum absolute atomic E-state index is 0.0756. The Bertz CT molecular complexity index is 741. The monoisotopic (exact) mass is 301 g/mol. The molecule has 0 radical (unpaired) electrons. The molecule has 22 heavy (non-hydrogen) atoms. The predicted octanol–water partition coefficient (Wildman–Crippen LogP) is 1.10. The van der Waals surface area contributed by atoms with E-state index in [4.69, 9.17) is 4.74 Å². The van der Waals surface area contributed by atoms with Gasteiger partial charge in [-0.25, -0.2) is 4.98 Å². The molecule has 0 aliphatic carbocycles. The molecule has 1 aromatic carbocycles. The lowest BCUT2D eigenvalue weighted by molar-refractivity contribution is -0.139. The Morgan fingerprint density at radius 2 is 2.27 bits per heavy atom. The van der Waals surface area contributed by atoms with Gasteiger partial charge < -0.3 is 14.6 Å². The lowest BCUT2D eigenvalue weighted by Gasteiger charge is -2.33. The Morgan fingerprint density at radius 1 is 1.45 bits per heavy atom. The van der Waals surface area contributed by atoms with Crippen LogP contribution in [0, 0.1) is 0 Å². The minimum Gasteiger partial charge on any atom is -0.377 e. The number of aryl methyl sites for hydroxylation is 1. The number of aromatic nitrogens is 2. The highest BCUT2D eigenvalue weighted by Crippen LogP contribution is 2.10. The molecule has 1 unspecified atom stereocenters. The number of hydrogen-bond donors (Lipinski definition) is 1. The molecule has 1 aliphatic rings. The number of H-pyrrole nitrogens is 1. The van der Waals surface area contributed by atoms with Crippen LogP contribution in [-0.2, 0) is 16.0 Å². The zero-order chi connectivity index (χ0) is 15.5. The number of carbonyl (C=O) groups excluding carboxylic acids is 1. The first-order valence-electron chi connectivity index (χ1n) is 7.50. The molecule has 0 spiro atoms. The maximum atomic E-state index is 12.3. The molecule has 1 atom stereocenters. The van der Waals surface area contributed by atoms with Crippen molar-refractivity contribution in [2.45, 2.75) is 25.8 Å². The van der Waals surface area contributed by atoms with E-state index in [1.54, 1.807) is 12.1 Å². The lowest BCUT2D eigenvalue weighted by Crippen LogP contribution is -2.47. The van der Waals surface area contributed by atoms with Crippen molar-refractivity contribution in [3.05, 3.63) is 40.4 Å². The number of benzene rings is 1. The van der Waals surface area contributed by atoms with Gasteiger partial charge in [-0.3, -0.25) is 9.59 Å². The van der Waals surface area contributed by atoms with Crippen LogP contribution >= 0.6 is 0 Å². The van der Waals surface area contributed by atoms with E-state index in [1.165, 1.54) is 0 Å². The normalized spacial score (nSPS) is 18.6. The molecule has 0 bridgehead atoms. The summed E-state index contributed by atoms with van der Waals surface area (Å²) in [6.07, 6.45) is 0.772. The number of morpholine rings is 1. The number of para-hydroxylation sites is 1. The number of rotatable bonds is 3. The average Bonchev–Trinajstić information content (AvgIpc) is 2.53. The summed E-state index contributed by atoms with van der Waals surface area (Å²) in [6.45, 7) is 3.77. The van der Waals surface area contributed by atoms with E-state index in [9.17, 15) is 9.59 Å². The van der Waals surface area contributed by atoms with E-state index >= 15 is 0 Å². The van der Waals surface area contributed by atoms with Crippen molar-refractivity contribution in [3.8, 4) is 0 Å². The van der Waals surface area contributed by atoms with Crippen molar-refractivity contribution < 1.29 is 9.53 Å². The highest BCUT2D eigenvalue weighted by molar-refractivity contribution is 5.78. The molecule has 2 aromatic rings. The second-order valence-electron chi connectivity index (χ2n) is 5.54. The van der Waals surface area contributed by atoms with Crippen LogP contribution < -0.4 is 5.56 Å². The zero-order valence-electron chi connectivity index (χ0n) is 12.5. The van der Waals surface area contributed by atoms with Gasteiger partial charge in [0.2, 0.25) is 5.91 Å². The first-order valence-corrected chi connectivity index (χ1v) is 7.50. The third-order valence-electron chi connectivity index (χ3n) is 3.93. The van der Waals surface area contributed by atoms with E-state index in [1.807, 2.05) is 24.0 Å². The van der Waals surface area contributed by atoms with Crippen LogP contribution in [-0.4, -0.2) is 46.6 Å². The van der Waals surface area contributed by atoms with Crippen LogP contribution in [0.5, 0.6) is 0 Å². The summed E-state index contributed by atoms with van der Waals surface area (Å²) in [4.78, 5) is 33.3. The number of nitrogens with one attached hydrogen (secondary N) is 1. The second-order valence-corrected chi connectivity index (χ2v) is 5.54. The summed E-state index contributed by atoms with van der Waals surface area (Å²) in [5.74, 6) is 0.629. The summed E-state index contributed by atoms with van der Waals surface area (Å²) in [5, 5.41) is 0.569. The van der Waals surface area contributed by atoms with E-state index < -0.39 is 0 Å². The zero-order valence-corrected chi connectivity index (χ0v) is 12.5. The van der Waals surface area contributed by atoms with Gasteiger partial charge >= 0.3 is 0 Å². The number of fused-ring (bicyclic) bond motifs is 1. The fourth-order valence-corrected chi connectivity index (χ4v) is 2.72. The molecule has 1 saturated heterocycles. The molecular weight excluding hydrogens is 282 g/mol. The number of hydrogen-bond acceptors (Lipinski definition) is 4. The maximum absolute atomic E-state index is 12.3. The van der Waals surface area contributed by atoms with Crippen LogP contribution in [0.4, 0.5) is 0 Å². The summed E-state index contributed by atoms with van der Waals surface area (Å²) in [7, 11) is 0. The van der Waals surface area contributed by atoms with Gasteiger partial charge in [0, 0.05) is 19.4 Å². The van der Waals surface area contributed by atoms with Gasteiger partial charge in [0.15, 0.2) is 0 Å². The van der Waals surface area contributed by atoms with Gasteiger partial charge in [0.05, 0.1) is 30.2 Å². The molecule has 1 fully saturated rings. The first-order chi connectivity index (χ1) is 10.6. The van der Waals surface area contributed by atoms with E-state index in [0.29, 0.717) is 49.3 Å².